The molecule has 0 radical (unpaired) electrons. The summed E-state index contributed by atoms with van der Waals surface area (Å²) in [5, 5.41) is 5.62. The van der Waals surface area contributed by atoms with E-state index in [4.69, 9.17) is 14.2 Å². The molecule has 0 aliphatic carbocycles. The van der Waals surface area contributed by atoms with Crippen LogP contribution in [0.3, 0.4) is 0 Å². The fraction of sp³-hybridized carbons (Fsp3) is 0.609. The van der Waals surface area contributed by atoms with E-state index in [0.717, 1.165) is 19.4 Å². The normalized spacial score (nSPS) is 21.3. The summed E-state index contributed by atoms with van der Waals surface area (Å²) in [6, 6.07) is 6.49. The van der Waals surface area contributed by atoms with Gasteiger partial charge in [-0.05, 0) is 30.9 Å². The Labute approximate surface area is 188 Å². The molecule has 9 heteroatoms. The van der Waals surface area contributed by atoms with Crippen LogP contribution >= 0.6 is 0 Å². The van der Waals surface area contributed by atoms with Crippen LogP contribution in [0, 0.1) is 5.92 Å². The minimum absolute atomic E-state index is 0.0182. The number of hydrogen-bond acceptors (Lipinski definition) is 7. The Balaban J connectivity index is 1.56. The van der Waals surface area contributed by atoms with Crippen molar-refractivity contribution >= 4 is 23.5 Å². The van der Waals surface area contributed by atoms with Crippen molar-refractivity contribution in [1.82, 2.24) is 10.2 Å². The quantitative estimate of drug-likeness (QED) is 0.525. The lowest BCUT2D eigenvalue weighted by atomic mass is 10.1. The molecular weight excluding hydrogens is 414 g/mol. The standard InChI is InChI=1S/C23H33N3O6/c1-16(2)14-32-22(28)12-19-23(29)24-9-10-26(19)13-21(27)25-18-7-3-4-8-20(18)31-15-17-6-5-11-30-17/h3-4,7-8,16-17,19H,5-6,9-15H2,1-2H3,(H,24,29)(H,25,27). The zero-order valence-electron chi connectivity index (χ0n) is 18.8. The summed E-state index contributed by atoms with van der Waals surface area (Å²) in [5.74, 6) is -0.219. The van der Waals surface area contributed by atoms with Gasteiger partial charge < -0.3 is 24.8 Å². The summed E-state index contributed by atoms with van der Waals surface area (Å²) < 4.78 is 16.7. The molecule has 1 aromatic rings. The third-order valence-corrected chi connectivity index (χ3v) is 5.34. The summed E-state index contributed by atoms with van der Waals surface area (Å²) in [6.07, 6.45) is 1.98. The van der Waals surface area contributed by atoms with Gasteiger partial charge in [0.1, 0.15) is 18.4 Å². The average Bonchev–Trinajstić information content (AvgIpc) is 3.28. The van der Waals surface area contributed by atoms with E-state index in [-0.39, 0.29) is 36.8 Å². The van der Waals surface area contributed by atoms with E-state index in [1.807, 2.05) is 26.0 Å². The first-order valence-corrected chi connectivity index (χ1v) is 11.2. The number of nitrogens with one attached hydrogen (secondary N) is 2. The summed E-state index contributed by atoms with van der Waals surface area (Å²) in [6.45, 7) is 6.25. The first kappa shape index (κ1) is 24.0. The van der Waals surface area contributed by atoms with Gasteiger partial charge in [0.2, 0.25) is 11.8 Å². The van der Waals surface area contributed by atoms with Gasteiger partial charge in [-0.3, -0.25) is 19.3 Å². The van der Waals surface area contributed by atoms with Gasteiger partial charge in [-0.2, -0.15) is 0 Å². The van der Waals surface area contributed by atoms with Crippen molar-refractivity contribution in [3.63, 3.8) is 0 Å². The highest BCUT2D eigenvalue weighted by molar-refractivity contribution is 5.94. The number of amides is 2. The van der Waals surface area contributed by atoms with E-state index in [2.05, 4.69) is 10.6 Å². The molecule has 0 spiro atoms. The van der Waals surface area contributed by atoms with E-state index in [1.54, 1.807) is 17.0 Å². The second-order valence-electron chi connectivity index (χ2n) is 8.55. The number of para-hydroxylation sites is 2. The Morgan fingerprint density at radius 1 is 1.31 bits per heavy atom. The van der Waals surface area contributed by atoms with Crippen LogP contribution in [-0.4, -0.2) is 74.3 Å². The van der Waals surface area contributed by atoms with Gasteiger partial charge in [0.25, 0.3) is 0 Å². The van der Waals surface area contributed by atoms with Crippen molar-refractivity contribution in [3.05, 3.63) is 24.3 Å². The fourth-order valence-electron chi connectivity index (χ4n) is 3.68. The van der Waals surface area contributed by atoms with Crippen LogP contribution in [0.2, 0.25) is 0 Å². The van der Waals surface area contributed by atoms with E-state index in [9.17, 15) is 14.4 Å². The van der Waals surface area contributed by atoms with Gasteiger partial charge in [-0.25, -0.2) is 0 Å². The van der Waals surface area contributed by atoms with E-state index < -0.39 is 12.0 Å². The minimum atomic E-state index is -0.736. The molecule has 2 unspecified atom stereocenters. The zero-order valence-corrected chi connectivity index (χ0v) is 18.8. The Hall–Kier alpha value is -2.65. The lowest BCUT2D eigenvalue weighted by molar-refractivity contribution is -0.149. The third-order valence-electron chi connectivity index (χ3n) is 5.34. The van der Waals surface area contributed by atoms with Gasteiger partial charge >= 0.3 is 5.97 Å². The average molecular weight is 448 g/mol. The van der Waals surface area contributed by atoms with Crippen LogP contribution in [0.1, 0.15) is 33.1 Å². The molecule has 1 aromatic carbocycles. The van der Waals surface area contributed by atoms with Gasteiger partial charge in [-0.1, -0.05) is 26.0 Å². The number of anilines is 1. The molecule has 9 nitrogen and oxygen atoms in total. The first-order valence-electron chi connectivity index (χ1n) is 11.2. The molecule has 2 N–H and O–H groups in total. The maximum atomic E-state index is 12.8. The highest BCUT2D eigenvalue weighted by atomic mass is 16.5. The van der Waals surface area contributed by atoms with Crippen LogP contribution in [0.15, 0.2) is 24.3 Å². The molecule has 2 amide bonds. The molecular formula is C23H33N3O6. The largest absolute Gasteiger partial charge is 0.489 e. The monoisotopic (exact) mass is 447 g/mol. The first-order chi connectivity index (χ1) is 15.4. The second kappa shape index (κ2) is 11.8. The fourth-order valence-corrected chi connectivity index (χ4v) is 3.68. The number of esters is 1. The van der Waals surface area contributed by atoms with E-state index in [0.29, 0.717) is 37.7 Å². The predicted octanol–water partition coefficient (Wildman–Crippen LogP) is 1.57. The third kappa shape index (κ3) is 7.20. The number of carbonyl (C=O) groups excluding carboxylic acids is 3. The number of ether oxygens (including phenoxy) is 3. The van der Waals surface area contributed by atoms with E-state index in [1.165, 1.54) is 0 Å². The van der Waals surface area contributed by atoms with Crippen molar-refractivity contribution < 1.29 is 28.6 Å². The van der Waals surface area contributed by atoms with Gasteiger partial charge in [0, 0.05) is 19.7 Å². The Kier molecular flexibility index (Phi) is 8.87. The number of hydrogen-bond donors (Lipinski definition) is 2. The summed E-state index contributed by atoms with van der Waals surface area (Å²) in [4.78, 5) is 39.0. The molecule has 3 rings (SSSR count). The number of piperazine rings is 1. The Morgan fingerprint density at radius 2 is 2.12 bits per heavy atom. The predicted molar refractivity (Wildman–Crippen MR) is 118 cm³/mol. The van der Waals surface area contributed by atoms with Gasteiger partial charge in [0.05, 0.1) is 31.4 Å². The molecule has 2 aliphatic heterocycles. The van der Waals surface area contributed by atoms with Crippen molar-refractivity contribution in [2.24, 2.45) is 5.92 Å². The topological polar surface area (TPSA) is 106 Å². The molecule has 2 heterocycles. The van der Waals surface area contributed by atoms with Crippen LogP contribution in [0.4, 0.5) is 5.69 Å². The summed E-state index contributed by atoms with van der Waals surface area (Å²) in [7, 11) is 0. The van der Waals surface area contributed by atoms with Crippen molar-refractivity contribution in [3.8, 4) is 5.75 Å². The van der Waals surface area contributed by atoms with Gasteiger partial charge in [-0.15, -0.1) is 0 Å². The second-order valence-corrected chi connectivity index (χ2v) is 8.55. The highest BCUT2D eigenvalue weighted by Gasteiger charge is 2.33. The van der Waals surface area contributed by atoms with Gasteiger partial charge in [0.15, 0.2) is 0 Å². The van der Waals surface area contributed by atoms with Crippen LogP contribution < -0.4 is 15.4 Å². The lowest BCUT2D eigenvalue weighted by Gasteiger charge is -2.34. The van der Waals surface area contributed by atoms with Crippen LogP contribution in [-0.2, 0) is 23.9 Å². The van der Waals surface area contributed by atoms with Crippen molar-refractivity contribution in [2.75, 3.05) is 44.8 Å². The number of benzene rings is 1. The maximum absolute atomic E-state index is 12.8. The minimum Gasteiger partial charge on any atom is -0.489 e. The molecule has 2 fully saturated rings. The molecule has 176 valence electrons. The SMILES string of the molecule is CC(C)COC(=O)CC1C(=O)NCCN1CC(=O)Nc1ccccc1OCC1CCCO1. The van der Waals surface area contributed by atoms with Crippen molar-refractivity contribution in [1.29, 1.82) is 0 Å². The molecule has 2 aliphatic rings. The van der Waals surface area contributed by atoms with Crippen molar-refractivity contribution in [2.45, 2.75) is 45.3 Å². The van der Waals surface area contributed by atoms with Crippen LogP contribution in [0.25, 0.3) is 0 Å². The smallest absolute Gasteiger partial charge is 0.307 e. The molecule has 0 bridgehead atoms. The lowest BCUT2D eigenvalue weighted by Crippen LogP contribution is -2.57. The molecule has 0 saturated carbocycles. The highest BCUT2D eigenvalue weighted by Crippen LogP contribution is 2.25. The summed E-state index contributed by atoms with van der Waals surface area (Å²) in [5.41, 5.74) is 0.560. The number of rotatable bonds is 10. The summed E-state index contributed by atoms with van der Waals surface area (Å²) >= 11 is 0. The number of carbonyl (C=O) groups is 3. The number of nitrogens with zero attached hydrogens (tertiary/aromatic N) is 1. The Bertz CT molecular complexity index is 794. The molecule has 2 atom stereocenters. The molecule has 0 aromatic heterocycles. The maximum Gasteiger partial charge on any atom is 0.307 e. The molecule has 2 saturated heterocycles. The Morgan fingerprint density at radius 3 is 2.88 bits per heavy atom. The van der Waals surface area contributed by atoms with Crippen LogP contribution in [0.5, 0.6) is 5.75 Å². The zero-order chi connectivity index (χ0) is 22.9. The van der Waals surface area contributed by atoms with E-state index >= 15 is 0 Å². The molecule has 32 heavy (non-hydrogen) atoms.